The molecule has 0 aliphatic carbocycles. The average molecular weight is 341 g/mol. The molecule has 3 heteroatoms. The van der Waals surface area contributed by atoms with Crippen molar-refractivity contribution >= 4 is 5.97 Å². The number of ether oxygens (including phenoxy) is 2. The topological polar surface area (TPSA) is 38.8 Å². The third kappa shape index (κ3) is 11.9. The zero-order chi connectivity index (χ0) is 17.5. The van der Waals surface area contributed by atoms with E-state index in [1.54, 1.807) is 0 Å². The summed E-state index contributed by atoms with van der Waals surface area (Å²) in [4.78, 5) is 11.0. The molecule has 0 radical (unpaired) electrons. The van der Waals surface area contributed by atoms with E-state index in [9.17, 15) is 4.79 Å². The second-order valence-corrected chi connectivity index (χ2v) is 7.33. The number of hydrogen-bond donors (Lipinski definition) is 0. The molecule has 0 aromatic heterocycles. The molecule has 0 bridgehead atoms. The zero-order valence-corrected chi connectivity index (χ0v) is 16.2. The Balaban J connectivity index is 1.66. The van der Waals surface area contributed by atoms with Gasteiger partial charge in [-0.05, 0) is 19.3 Å². The minimum absolute atomic E-state index is 0.0685. The van der Waals surface area contributed by atoms with Crippen molar-refractivity contribution in [2.24, 2.45) is 0 Å². The molecule has 1 aliphatic rings. The van der Waals surface area contributed by atoms with Gasteiger partial charge in [0.15, 0.2) is 0 Å². The number of carbonyl (C=O) groups is 1. The molecule has 0 saturated carbocycles. The SMILES string of the molecule is CCC1OC1CCCCCCCCCCCCCCCC(=O)OC. The summed E-state index contributed by atoms with van der Waals surface area (Å²) in [7, 11) is 1.47. The molecule has 0 spiro atoms. The van der Waals surface area contributed by atoms with E-state index in [1.165, 1.54) is 97.0 Å². The standard InChI is InChI=1S/C21H40O3/c1-3-19-20(24-19)17-15-13-11-9-7-5-4-6-8-10-12-14-16-18-21(22)23-2/h19-20H,3-18H2,1-2H3. The van der Waals surface area contributed by atoms with E-state index < -0.39 is 0 Å². The molecule has 1 aliphatic heterocycles. The summed E-state index contributed by atoms with van der Waals surface area (Å²) >= 11 is 0. The molecule has 1 saturated heterocycles. The van der Waals surface area contributed by atoms with Crippen LogP contribution < -0.4 is 0 Å². The Morgan fingerprint density at radius 3 is 1.62 bits per heavy atom. The van der Waals surface area contributed by atoms with Gasteiger partial charge in [-0.1, -0.05) is 84.0 Å². The molecule has 2 unspecified atom stereocenters. The van der Waals surface area contributed by atoms with Crippen LogP contribution in [0.2, 0.25) is 0 Å². The second kappa shape index (κ2) is 14.7. The number of methoxy groups -OCH3 is 1. The smallest absolute Gasteiger partial charge is 0.305 e. The van der Waals surface area contributed by atoms with E-state index in [2.05, 4.69) is 11.7 Å². The van der Waals surface area contributed by atoms with Crippen molar-refractivity contribution in [3.8, 4) is 0 Å². The van der Waals surface area contributed by atoms with Crippen LogP contribution in [0.1, 0.15) is 110 Å². The van der Waals surface area contributed by atoms with Crippen molar-refractivity contribution in [2.45, 2.75) is 122 Å². The lowest BCUT2D eigenvalue weighted by Crippen LogP contribution is -1.99. The summed E-state index contributed by atoms with van der Waals surface area (Å²) in [6.07, 6.45) is 21.5. The molecule has 0 aromatic rings. The average Bonchev–Trinajstić information content (AvgIpc) is 3.36. The predicted octanol–water partition coefficient (Wildman–Crippen LogP) is 6.19. The fraction of sp³-hybridized carbons (Fsp3) is 0.952. The predicted molar refractivity (Wildman–Crippen MR) is 100 cm³/mol. The first-order valence-electron chi connectivity index (χ1n) is 10.5. The van der Waals surface area contributed by atoms with Crippen molar-refractivity contribution in [2.75, 3.05) is 7.11 Å². The molecule has 142 valence electrons. The van der Waals surface area contributed by atoms with Gasteiger partial charge in [-0.3, -0.25) is 4.79 Å². The number of rotatable bonds is 17. The molecule has 1 heterocycles. The van der Waals surface area contributed by atoms with E-state index in [0.29, 0.717) is 18.6 Å². The van der Waals surface area contributed by atoms with Gasteiger partial charge in [0.25, 0.3) is 0 Å². The molecule has 0 amide bonds. The van der Waals surface area contributed by atoms with Gasteiger partial charge in [0.05, 0.1) is 19.3 Å². The zero-order valence-electron chi connectivity index (χ0n) is 16.2. The van der Waals surface area contributed by atoms with Crippen LogP contribution >= 0.6 is 0 Å². The maximum Gasteiger partial charge on any atom is 0.305 e. The first-order valence-corrected chi connectivity index (χ1v) is 10.5. The van der Waals surface area contributed by atoms with Crippen molar-refractivity contribution in [1.29, 1.82) is 0 Å². The number of hydrogen-bond acceptors (Lipinski definition) is 3. The van der Waals surface area contributed by atoms with Gasteiger partial charge in [0, 0.05) is 6.42 Å². The van der Waals surface area contributed by atoms with Gasteiger partial charge in [-0.25, -0.2) is 0 Å². The Morgan fingerprint density at radius 1 is 0.750 bits per heavy atom. The van der Waals surface area contributed by atoms with Gasteiger partial charge in [-0.15, -0.1) is 0 Å². The van der Waals surface area contributed by atoms with Crippen molar-refractivity contribution in [3.05, 3.63) is 0 Å². The maximum absolute atomic E-state index is 11.0. The maximum atomic E-state index is 11.0. The van der Waals surface area contributed by atoms with Gasteiger partial charge < -0.3 is 9.47 Å². The van der Waals surface area contributed by atoms with E-state index in [1.807, 2.05) is 0 Å². The Hall–Kier alpha value is -0.570. The summed E-state index contributed by atoms with van der Waals surface area (Å²) in [5.74, 6) is -0.0685. The lowest BCUT2D eigenvalue weighted by Gasteiger charge is -2.03. The molecule has 2 atom stereocenters. The van der Waals surface area contributed by atoms with Crippen LogP contribution in [0.25, 0.3) is 0 Å². The number of unbranched alkanes of at least 4 members (excludes halogenated alkanes) is 12. The molecule has 0 aromatic carbocycles. The first kappa shape index (κ1) is 21.5. The van der Waals surface area contributed by atoms with E-state index >= 15 is 0 Å². The number of epoxide rings is 1. The molecular weight excluding hydrogens is 300 g/mol. The molecule has 3 nitrogen and oxygen atoms in total. The Morgan fingerprint density at radius 2 is 1.21 bits per heavy atom. The molecular formula is C21H40O3. The van der Waals surface area contributed by atoms with Crippen molar-refractivity contribution in [3.63, 3.8) is 0 Å². The van der Waals surface area contributed by atoms with Crippen LogP contribution in [0.3, 0.4) is 0 Å². The third-order valence-corrected chi connectivity index (χ3v) is 5.19. The van der Waals surface area contributed by atoms with Crippen LogP contribution in [-0.4, -0.2) is 25.3 Å². The van der Waals surface area contributed by atoms with E-state index in [-0.39, 0.29) is 5.97 Å². The Kier molecular flexibility index (Phi) is 13.2. The highest BCUT2D eigenvalue weighted by Gasteiger charge is 2.35. The molecule has 24 heavy (non-hydrogen) atoms. The second-order valence-electron chi connectivity index (χ2n) is 7.33. The highest BCUT2D eigenvalue weighted by Crippen LogP contribution is 2.29. The van der Waals surface area contributed by atoms with E-state index in [0.717, 1.165) is 6.42 Å². The van der Waals surface area contributed by atoms with Crippen molar-refractivity contribution < 1.29 is 14.3 Å². The minimum Gasteiger partial charge on any atom is -0.469 e. The summed E-state index contributed by atoms with van der Waals surface area (Å²) in [6.45, 7) is 2.22. The monoisotopic (exact) mass is 340 g/mol. The fourth-order valence-electron chi connectivity index (χ4n) is 3.45. The van der Waals surface area contributed by atoms with Crippen LogP contribution in [0.5, 0.6) is 0 Å². The quantitative estimate of drug-likeness (QED) is 0.180. The van der Waals surface area contributed by atoms with Crippen LogP contribution in [-0.2, 0) is 14.3 Å². The molecule has 1 rings (SSSR count). The lowest BCUT2D eigenvalue weighted by atomic mass is 10.0. The molecule has 0 N–H and O–H groups in total. The van der Waals surface area contributed by atoms with E-state index in [4.69, 9.17) is 4.74 Å². The highest BCUT2D eigenvalue weighted by molar-refractivity contribution is 5.68. The summed E-state index contributed by atoms with van der Waals surface area (Å²) in [5, 5.41) is 0. The number of esters is 1. The normalized spacial score (nSPS) is 19.4. The fourth-order valence-corrected chi connectivity index (χ4v) is 3.45. The van der Waals surface area contributed by atoms with Crippen molar-refractivity contribution in [1.82, 2.24) is 0 Å². The summed E-state index contributed by atoms with van der Waals surface area (Å²) in [5.41, 5.74) is 0. The minimum atomic E-state index is -0.0685. The van der Waals surface area contributed by atoms with Crippen LogP contribution in [0, 0.1) is 0 Å². The van der Waals surface area contributed by atoms with Crippen LogP contribution in [0.4, 0.5) is 0 Å². The van der Waals surface area contributed by atoms with Gasteiger partial charge in [-0.2, -0.15) is 0 Å². The summed E-state index contributed by atoms with van der Waals surface area (Å²) in [6, 6.07) is 0. The first-order chi connectivity index (χ1) is 11.8. The highest BCUT2D eigenvalue weighted by atomic mass is 16.6. The van der Waals surface area contributed by atoms with Gasteiger partial charge in [0.1, 0.15) is 0 Å². The largest absolute Gasteiger partial charge is 0.469 e. The Labute approximate surface area is 149 Å². The summed E-state index contributed by atoms with van der Waals surface area (Å²) < 4.78 is 10.2. The van der Waals surface area contributed by atoms with Gasteiger partial charge >= 0.3 is 5.97 Å². The third-order valence-electron chi connectivity index (χ3n) is 5.19. The molecule has 1 fully saturated rings. The Bertz CT molecular complexity index is 303. The number of carbonyl (C=O) groups excluding carboxylic acids is 1. The van der Waals surface area contributed by atoms with Crippen LogP contribution in [0.15, 0.2) is 0 Å². The lowest BCUT2D eigenvalue weighted by molar-refractivity contribution is -0.140. The van der Waals surface area contributed by atoms with Gasteiger partial charge in [0.2, 0.25) is 0 Å².